The molecule has 0 saturated carbocycles. The van der Waals surface area contributed by atoms with Crippen LogP contribution in [0.5, 0.6) is 0 Å². The molecule has 90 valence electrons. The maximum absolute atomic E-state index is 13.1. The van der Waals surface area contributed by atoms with E-state index in [1.807, 2.05) is 6.07 Å². The number of rotatable bonds is 5. The zero-order valence-electron chi connectivity index (χ0n) is 9.40. The molecule has 0 aliphatic heterocycles. The molecule has 2 aromatic rings. The quantitative estimate of drug-likeness (QED) is 0.681. The lowest BCUT2D eigenvalue weighted by Gasteiger charge is -2.13. The van der Waals surface area contributed by atoms with Crippen molar-refractivity contribution < 1.29 is 4.39 Å². The summed E-state index contributed by atoms with van der Waals surface area (Å²) in [7, 11) is 0. The van der Waals surface area contributed by atoms with Crippen molar-refractivity contribution in [2.45, 2.75) is 18.8 Å². The van der Waals surface area contributed by atoms with Crippen LogP contribution >= 0.6 is 22.9 Å². The Morgan fingerprint density at radius 3 is 2.76 bits per heavy atom. The van der Waals surface area contributed by atoms with Crippen molar-refractivity contribution in [3.05, 3.63) is 58.0 Å². The van der Waals surface area contributed by atoms with Crippen LogP contribution in [-0.2, 0) is 6.42 Å². The Hall–Kier alpha value is -0.860. The Balaban J connectivity index is 2.01. The molecule has 2 rings (SSSR count). The van der Waals surface area contributed by atoms with Crippen LogP contribution in [-0.4, -0.2) is 5.88 Å². The number of aryl methyl sites for hydroxylation is 1. The molecular weight excluding hydrogens is 255 g/mol. The molecule has 0 fully saturated rings. The SMILES string of the molecule is Fc1cccc(C(CCl)CCc2cccs2)c1. The lowest BCUT2D eigenvalue weighted by Crippen LogP contribution is -2.02. The molecule has 1 aromatic carbocycles. The van der Waals surface area contributed by atoms with Gasteiger partial charge in [0.25, 0.3) is 0 Å². The van der Waals surface area contributed by atoms with Gasteiger partial charge in [-0.2, -0.15) is 0 Å². The number of alkyl halides is 1. The van der Waals surface area contributed by atoms with E-state index in [0.29, 0.717) is 5.88 Å². The van der Waals surface area contributed by atoms with Gasteiger partial charge in [0.05, 0.1) is 0 Å². The summed E-state index contributed by atoms with van der Waals surface area (Å²) in [4.78, 5) is 1.36. The number of halogens is 2. The van der Waals surface area contributed by atoms with Crippen molar-refractivity contribution in [2.75, 3.05) is 5.88 Å². The molecule has 0 saturated heterocycles. The van der Waals surface area contributed by atoms with E-state index in [1.165, 1.54) is 10.9 Å². The van der Waals surface area contributed by atoms with Gasteiger partial charge in [-0.3, -0.25) is 0 Å². The van der Waals surface area contributed by atoms with Gasteiger partial charge in [0.15, 0.2) is 0 Å². The van der Waals surface area contributed by atoms with E-state index in [1.54, 1.807) is 23.5 Å². The molecule has 0 radical (unpaired) electrons. The molecular formula is C14H14ClFS. The van der Waals surface area contributed by atoms with Crippen molar-refractivity contribution in [1.29, 1.82) is 0 Å². The van der Waals surface area contributed by atoms with Crippen molar-refractivity contribution in [3.8, 4) is 0 Å². The van der Waals surface area contributed by atoms with E-state index in [4.69, 9.17) is 11.6 Å². The second-order valence-electron chi connectivity index (χ2n) is 4.02. The number of thiophene rings is 1. The topological polar surface area (TPSA) is 0 Å². The van der Waals surface area contributed by atoms with Crippen LogP contribution in [0.2, 0.25) is 0 Å². The summed E-state index contributed by atoms with van der Waals surface area (Å²) in [5, 5.41) is 2.08. The summed E-state index contributed by atoms with van der Waals surface area (Å²) in [6.07, 6.45) is 1.97. The normalized spacial score (nSPS) is 12.6. The lowest BCUT2D eigenvalue weighted by atomic mass is 9.95. The van der Waals surface area contributed by atoms with Crippen LogP contribution in [0.4, 0.5) is 4.39 Å². The van der Waals surface area contributed by atoms with E-state index in [-0.39, 0.29) is 11.7 Å². The molecule has 3 heteroatoms. The second kappa shape index (κ2) is 6.18. The lowest BCUT2D eigenvalue weighted by molar-refractivity contribution is 0.617. The minimum Gasteiger partial charge on any atom is -0.207 e. The number of hydrogen-bond donors (Lipinski definition) is 0. The van der Waals surface area contributed by atoms with Crippen LogP contribution in [0, 0.1) is 5.82 Å². The zero-order chi connectivity index (χ0) is 12.1. The molecule has 0 spiro atoms. The Morgan fingerprint density at radius 2 is 2.12 bits per heavy atom. The predicted molar refractivity (Wildman–Crippen MR) is 72.5 cm³/mol. The molecule has 0 aliphatic carbocycles. The molecule has 0 nitrogen and oxygen atoms in total. The van der Waals surface area contributed by atoms with Crippen LogP contribution in [0.1, 0.15) is 22.8 Å². The van der Waals surface area contributed by atoms with E-state index in [2.05, 4.69) is 17.5 Å². The minimum atomic E-state index is -0.186. The van der Waals surface area contributed by atoms with Crippen LogP contribution in [0.25, 0.3) is 0 Å². The second-order valence-corrected chi connectivity index (χ2v) is 5.37. The van der Waals surface area contributed by atoms with Gasteiger partial charge in [-0.05, 0) is 47.9 Å². The molecule has 0 bridgehead atoms. The zero-order valence-corrected chi connectivity index (χ0v) is 11.0. The maximum atomic E-state index is 13.1. The number of hydrogen-bond acceptors (Lipinski definition) is 1. The van der Waals surface area contributed by atoms with Gasteiger partial charge < -0.3 is 0 Å². The maximum Gasteiger partial charge on any atom is 0.123 e. The van der Waals surface area contributed by atoms with Gasteiger partial charge >= 0.3 is 0 Å². The van der Waals surface area contributed by atoms with Gasteiger partial charge in [0, 0.05) is 10.8 Å². The summed E-state index contributed by atoms with van der Waals surface area (Å²) in [6.45, 7) is 0. The highest BCUT2D eigenvalue weighted by Gasteiger charge is 2.11. The fraction of sp³-hybridized carbons (Fsp3) is 0.286. The van der Waals surface area contributed by atoms with E-state index in [0.717, 1.165) is 18.4 Å². The largest absolute Gasteiger partial charge is 0.207 e. The monoisotopic (exact) mass is 268 g/mol. The highest BCUT2D eigenvalue weighted by molar-refractivity contribution is 7.09. The fourth-order valence-electron chi connectivity index (χ4n) is 1.86. The van der Waals surface area contributed by atoms with Gasteiger partial charge in [-0.25, -0.2) is 4.39 Å². The first-order valence-electron chi connectivity index (χ1n) is 5.63. The average Bonchev–Trinajstić information content (AvgIpc) is 2.83. The van der Waals surface area contributed by atoms with Crippen molar-refractivity contribution in [3.63, 3.8) is 0 Å². The Bertz CT molecular complexity index is 453. The van der Waals surface area contributed by atoms with E-state index in [9.17, 15) is 4.39 Å². The first-order chi connectivity index (χ1) is 8.29. The average molecular weight is 269 g/mol. The van der Waals surface area contributed by atoms with Crippen LogP contribution in [0.3, 0.4) is 0 Å². The van der Waals surface area contributed by atoms with Gasteiger partial charge in [0.1, 0.15) is 5.82 Å². The van der Waals surface area contributed by atoms with Gasteiger partial charge in [0.2, 0.25) is 0 Å². The van der Waals surface area contributed by atoms with E-state index < -0.39 is 0 Å². The van der Waals surface area contributed by atoms with Crippen molar-refractivity contribution in [1.82, 2.24) is 0 Å². The molecule has 0 amide bonds. The molecule has 0 aliphatic rings. The summed E-state index contributed by atoms with van der Waals surface area (Å²) in [6, 6.07) is 10.9. The third kappa shape index (κ3) is 3.55. The van der Waals surface area contributed by atoms with Gasteiger partial charge in [-0.1, -0.05) is 18.2 Å². The third-order valence-electron chi connectivity index (χ3n) is 2.83. The fourth-order valence-corrected chi connectivity index (χ4v) is 2.92. The van der Waals surface area contributed by atoms with Gasteiger partial charge in [-0.15, -0.1) is 22.9 Å². The van der Waals surface area contributed by atoms with Crippen LogP contribution in [0.15, 0.2) is 41.8 Å². The highest BCUT2D eigenvalue weighted by Crippen LogP contribution is 2.25. The summed E-state index contributed by atoms with van der Waals surface area (Å²) >= 11 is 7.73. The first-order valence-corrected chi connectivity index (χ1v) is 7.05. The van der Waals surface area contributed by atoms with Crippen LogP contribution < -0.4 is 0 Å². The Morgan fingerprint density at radius 1 is 1.24 bits per heavy atom. The molecule has 1 atom stereocenters. The van der Waals surface area contributed by atoms with E-state index >= 15 is 0 Å². The molecule has 17 heavy (non-hydrogen) atoms. The highest BCUT2D eigenvalue weighted by atomic mass is 35.5. The number of benzene rings is 1. The van der Waals surface area contributed by atoms with Crippen molar-refractivity contribution >= 4 is 22.9 Å². The molecule has 0 N–H and O–H groups in total. The molecule has 1 heterocycles. The Labute approximate surface area is 110 Å². The smallest absolute Gasteiger partial charge is 0.123 e. The standard InChI is InChI=1S/C14H14ClFS/c15-10-12(6-7-14-5-2-8-17-14)11-3-1-4-13(16)9-11/h1-5,8-9,12H,6-7,10H2. The molecule has 1 unspecified atom stereocenters. The first kappa shape index (κ1) is 12.6. The Kier molecular flexibility index (Phi) is 4.57. The predicted octanol–water partition coefficient (Wildman–Crippen LogP) is 4.84. The minimum absolute atomic E-state index is 0.186. The summed E-state index contributed by atoms with van der Waals surface area (Å²) in [5.41, 5.74) is 0.997. The summed E-state index contributed by atoms with van der Waals surface area (Å²) in [5.74, 6) is 0.581. The van der Waals surface area contributed by atoms with Crippen molar-refractivity contribution in [2.24, 2.45) is 0 Å². The third-order valence-corrected chi connectivity index (χ3v) is 4.13. The summed E-state index contributed by atoms with van der Waals surface area (Å²) < 4.78 is 13.1. The molecule has 1 aromatic heterocycles.